The smallest absolute Gasteiger partial charge is 0.277 e. The summed E-state index contributed by atoms with van der Waals surface area (Å²) < 4.78 is 9.56. The van der Waals surface area contributed by atoms with Crippen molar-refractivity contribution in [1.82, 2.24) is 4.98 Å². The summed E-state index contributed by atoms with van der Waals surface area (Å²) >= 11 is 1.39. The van der Waals surface area contributed by atoms with E-state index in [0.29, 0.717) is 5.22 Å². The molecule has 0 unspecified atom stereocenters. The fourth-order valence-corrected chi connectivity index (χ4v) is 4.91. The van der Waals surface area contributed by atoms with Crippen molar-refractivity contribution in [2.45, 2.75) is 5.22 Å². The minimum Gasteiger partial charge on any atom is -0.430 e. The lowest BCUT2D eigenvalue weighted by atomic mass is 9.91. The van der Waals surface area contributed by atoms with Crippen molar-refractivity contribution >= 4 is 28.7 Å². The molecule has 3 nitrogen and oxygen atoms in total. The topological polar surface area (TPSA) is 38.1 Å². The van der Waals surface area contributed by atoms with Crippen molar-refractivity contribution < 1.29 is 4.42 Å². The van der Waals surface area contributed by atoms with Crippen molar-refractivity contribution in [2.24, 2.45) is 0 Å². The van der Waals surface area contributed by atoms with Crippen molar-refractivity contribution in [3.05, 3.63) is 127 Å². The minimum absolute atomic E-state index is 0.580. The Hall–Kier alpha value is -4.28. The van der Waals surface area contributed by atoms with Gasteiger partial charge in [-0.2, -0.15) is 0 Å². The van der Waals surface area contributed by atoms with E-state index in [4.69, 9.17) is 4.42 Å². The third-order valence-corrected chi connectivity index (χ3v) is 6.59. The van der Waals surface area contributed by atoms with Gasteiger partial charge in [0.15, 0.2) is 5.58 Å². The number of oxazole rings is 1. The van der Waals surface area contributed by atoms with Crippen LogP contribution in [0.4, 0.5) is 5.69 Å². The molecule has 0 atom stereocenters. The molecule has 1 heterocycles. The predicted octanol–water partition coefficient (Wildman–Crippen LogP) is 8.95. The molecule has 0 saturated carbocycles. The van der Waals surface area contributed by atoms with Gasteiger partial charge in [0, 0.05) is 23.1 Å². The van der Waals surface area contributed by atoms with Crippen LogP contribution in [-0.4, -0.2) is 4.98 Å². The highest BCUT2D eigenvalue weighted by molar-refractivity contribution is 8.00. The molecule has 0 amide bonds. The van der Waals surface area contributed by atoms with Crippen LogP contribution in [0.5, 0.6) is 0 Å². The van der Waals surface area contributed by atoms with E-state index in [1.165, 1.54) is 23.1 Å². The van der Waals surface area contributed by atoms with Crippen molar-refractivity contribution in [2.75, 3.05) is 4.72 Å². The lowest BCUT2D eigenvalue weighted by Crippen LogP contribution is -1.96. The molecular formula is C31H22N2OS. The Balaban J connectivity index is 1.52. The number of rotatable bonds is 6. The monoisotopic (exact) mass is 470 g/mol. The second-order valence-corrected chi connectivity index (χ2v) is 8.95. The molecular weight excluding hydrogens is 448 g/mol. The van der Waals surface area contributed by atoms with E-state index in [9.17, 15) is 0 Å². The van der Waals surface area contributed by atoms with Crippen LogP contribution in [0.25, 0.3) is 44.5 Å². The molecule has 0 aliphatic rings. The molecule has 0 aliphatic heterocycles. The number of nitrogens with one attached hydrogen (secondary N) is 1. The fraction of sp³-hybridized carbons (Fsp3) is 0. The molecule has 0 spiro atoms. The van der Waals surface area contributed by atoms with Gasteiger partial charge in [-0.3, -0.25) is 0 Å². The van der Waals surface area contributed by atoms with Gasteiger partial charge in [0.25, 0.3) is 5.22 Å². The van der Waals surface area contributed by atoms with E-state index >= 15 is 0 Å². The van der Waals surface area contributed by atoms with Gasteiger partial charge in [0.05, 0.1) is 5.69 Å². The van der Waals surface area contributed by atoms with Crippen LogP contribution in [0.2, 0.25) is 0 Å². The first-order valence-corrected chi connectivity index (χ1v) is 12.3. The lowest BCUT2D eigenvalue weighted by Gasteiger charge is -2.19. The number of aromatic nitrogens is 1. The Bertz CT molecular complexity index is 1490. The Morgan fingerprint density at radius 2 is 1.06 bits per heavy atom. The summed E-state index contributed by atoms with van der Waals surface area (Å²) in [7, 11) is 0. The van der Waals surface area contributed by atoms with Crippen LogP contribution in [0.15, 0.2) is 137 Å². The average Bonchev–Trinajstić information content (AvgIpc) is 3.36. The van der Waals surface area contributed by atoms with Crippen LogP contribution >= 0.6 is 11.9 Å². The highest BCUT2D eigenvalue weighted by Gasteiger charge is 2.17. The summed E-state index contributed by atoms with van der Waals surface area (Å²) in [5.41, 5.74) is 9.52. The molecule has 0 saturated heterocycles. The third kappa shape index (κ3) is 4.44. The lowest BCUT2D eigenvalue weighted by molar-refractivity contribution is 0.490. The Kier molecular flexibility index (Phi) is 5.79. The van der Waals surface area contributed by atoms with E-state index < -0.39 is 0 Å². The van der Waals surface area contributed by atoms with E-state index in [1.807, 2.05) is 42.5 Å². The number of hydrogen-bond donors (Lipinski definition) is 1. The third-order valence-electron chi connectivity index (χ3n) is 5.93. The summed E-state index contributed by atoms with van der Waals surface area (Å²) in [6, 6.07) is 43.8. The van der Waals surface area contributed by atoms with Gasteiger partial charge in [-0.05, 0) is 46.5 Å². The van der Waals surface area contributed by atoms with Crippen LogP contribution in [0.3, 0.4) is 0 Å². The van der Waals surface area contributed by atoms with Crippen LogP contribution in [-0.2, 0) is 0 Å². The summed E-state index contributed by atoms with van der Waals surface area (Å²) in [4.78, 5) is 4.63. The molecule has 6 rings (SSSR count). The predicted molar refractivity (Wildman–Crippen MR) is 146 cm³/mol. The highest BCUT2D eigenvalue weighted by Crippen LogP contribution is 2.43. The maximum absolute atomic E-state index is 5.96. The van der Waals surface area contributed by atoms with Crippen LogP contribution < -0.4 is 4.72 Å². The van der Waals surface area contributed by atoms with Gasteiger partial charge >= 0.3 is 0 Å². The fourth-order valence-electron chi connectivity index (χ4n) is 4.23. The van der Waals surface area contributed by atoms with Gasteiger partial charge in [0.1, 0.15) is 5.52 Å². The molecule has 1 N–H and O–H groups in total. The van der Waals surface area contributed by atoms with Gasteiger partial charge in [-0.15, -0.1) is 0 Å². The number of benzene rings is 5. The molecule has 168 valence electrons. The standard InChI is InChI=1S/C31H22N2OS/c1-4-12-22(13-5-1)25-20-26(23-14-6-2-7-15-23)30(27(21-25)24-16-8-3-9-17-24)33-35-31-32-28-18-10-11-19-29(28)34-31/h1-21,33H. The van der Waals surface area contributed by atoms with Crippen molar-refractivity contribution in [3.8, 4) is 33.4 Å². The average molecular weight is 471 g/mol. The SMILES string of the molecule is c1ccc(-c2cc(-c3ccccc3)c(NSc3nc4ccccc4o3)c(-c3ccccc3)c2)cc1. The van der Waals surface area contributed by atoms with Crippen molar-refractivity contribution in [1.29, 1.82) is 0 Å². The molecule has 5 aromatic carbocycles. The van der Waals surface area contributed by atoms with Gasteiger partial charge in [-0.1, -0.05) is 103 Å². The van der Waals surface area contributed by atoms with E-state index in [-0.39, 0.29) is 0 Å². The summed E-state index contributed by atoms with van der Waals surface area (Å²) in [5, 5.41) is 0.580. The zero-order valence-electron chi connectivity index (χ0n) is 18.9. The molecule has 1 aromatic heterocycles. The molecule has 0 radical (unpaired) electrons. The molecule has 6 aromatic rings. The van der Waals surface area contributed by atoms with Crippen LogP contribution in [0, 0.1) is 0 Å². The van der Waals surface area contributed by atoms with E-state index in [1.54, 1.807) is 0 Å². The zero-order chi connectivity index (χ0) is 23.5. The summed E-state index contributed by atoms with van der Waals surface area (Å²) in [6.07, 6.45) is 0. The maximum atomic E-state index is 5.96. The van der Waals surface area contributed by atoms with Crippen LogP contribution in [0.1, 0.15) is 0 Å². The van der Waals surface area contributed by atoms with Gasteiger partial charge in [0.2, 0.25) is 0 Å². The first kappa shape index (κ1) is 21.3. The normalized spacial score (nSPS) is 11.0. The van der Waals surface area contributed by atoms with E-state index in [2.05, 4.69) is 94.6 Å². The Labute approximate surface area is 208 Å². The molecule has 4 heteroatoms. The van der Waals surface area contributed by atoms with Gasteiger partial charge < -0.3 is 9.14 Å². The number of anilines is 1. The quantitative estimate of drug-likeness (QED) is 0.247. The largest absolute Gasteiger partial charge is 0.430 e. The second kappa shape index (κ2) is 9.53. The Morgan fingerprint density at radius 3 is 1.63 bits per heavy atom. The number of fused-ring (bicyclic) bond motifs is 1. The summed E-state index contributed by atoms with van der Waals surface area (Å²) in [5.74, 6) is 0. The first-order valence-electron chi connectivity index (χ1n) is 11.5. The molecule has 0 aliphatic carbocycles. The summed E-state index contributed by atoms with van der Waals surface area (Å²) in [6.45, 7) is 0. The molecule has 35 heavy (non-hydrogen) atoms. The molecule has 0 bridgehead atoms. The number of para-hydroxylation sites is 2. The Morgan fingerprint density at radius 1 is 0.543 bits per heavy atom. The number of hydrogen-bond acceptors (Lipinski definition) is 4. The molecule has 0 fully saturated rings. The highest BCUT2D eigenvalue weighted by atomic mass is 32.2. The number of nitrogens with zero attached hydrogens (tertiary/aromatic N) is 1. The maximum Gasteiger partial charge on any atom is 0.277 e. The van der Waals surface area contributed by atoms with Crippen molar-refractivity contribution in [3.63, 3.8) is 0 Å². The van der Waals surface area contributed by atoms with E-state index in [0.717, 1.165) is 39.0 Å². The minimum atomic E-state index is 0.580. The second-order valence-electron chi connectivity index (χ2n) is 8.20. The first-order chi connectivity index (χ1) is 17.3. The van der Waals surface area contributed by atoms with Gasteiger partial charge in [-0.25, -0.2) is 4.98 Å². The zero-order valence-corrected chi connectivity index (χ0v) is 19.7.